The van der Waals surface area contributed by atoms with E-state index in [4.69, 9.17) is 18.9 Å². The van der Waals surface area contributed by atoms with Crippen molar-refractivity contribution in [3.05, 3.63) is 29.8 Å². The maximum absolute atomic E-state index is 11.5. The lowest BCUT2D eigenvalue weighted by molar-refractivity contribution is -0.156. The van der Waals surface area contributed by atoms with Crippen LogP contribution in [-0.4, -0.2) is 38.9 Å². The van der Waals surface area contributed by atoms with Crippen molar-refractivity contribution in [2.24, 2.45) is 0 Å². The number of unbranched alkanes of at least 4 members (excludes halogenated alkanes) is 3. The fraction of sp³-hybridized carbons (Fsp3) is 0.556. The van der Waals surface area contributed by atoms with Gasteiger partial charge in [0.15, 0.2) is 0 Å². The van der Waals surface area contributed by atoms with Crippen LogP contribution in [0.5, 0.6) is 5.75 Å². The Hall–Kier alpha value is -2.08. The van der Waals surface area contributed by atoms with Crippen LogP contribution in [0.4, 0.5) is 0 Å². The van der Waals surface area contributed by atoms with Gasteiger partial charge in [0.1, 0.15) is 25.6 Å². The van der Waals surface area contributed by atoms with Crippen LogP contribution in [0.2, 0.25) is 0 Å². The molecular weight excluding hydrogens is 312 g/mol. The molecule has 0 N–H and O–H groups in total. The molecule has 24 heavy (non-hydrogen) atoms. The molecule has 6 heteroatoms. The molecule has 1 rings (SSSR count). The molecule has 6 nitrogen and oxygen atoms in total. The van der Waals surface area contributed by atoms with Crippen LogP contribution in [0, 0.1) is 0 Å². The second-order valence-corrected chi connectivity index (χ2v) is 5.28. The summed E-state index contributed by atoms with van der Waals surface area (Å²) < 4.78 is 20.1. The van der Waals surface area contributed by atoms with Crippen molar-refractivity contribution >= 4 is 11.9 Å². The van der Waals surface area contributed by atoms with Crippen molar-refractivity contribution in [3.8, 4) is 5.75 Å². The minimum absolute atomic E-state index is 0.147. The molecule has 0 fully saturated rings. The van der Waals surface area contributed by atoms with E-state index in [1.54, 1.807) is 19.2 Å². The topological polar surface area (TPSA) is 71.1 Å². The summed E-state index contributed by atoms with van der Waals surface area (Å²) in [7, 11) is 1.59. The van der Waals surface area contributed by atoms with Crippen molar-refractivity contribution < 1.29 is 28.5 Å². The third-order valence-corrected chi connectivity index (χ3v) is 3.26. The molecule has 0 unspecified atom stereocenters. The lowest BCUT2D eigenvalue weighted by atomic mass is 10.2. The fourth-order valence-corrected chi connectivity index (χ4v) is 1.90. The second-order valence-electron chi connectivity index (χ2n) is 5.28. The lowest BCUT2D eigenvalue weighted by Gasteiger charge is -2.07. The van der Waals surface area contributed by atoms with Crippen LogP contribution in [0.15, 0.2) is 24.3 Å². The van der Waals surface area contributed by atoms with Crippen molar-refractivity contribution in [2.45, 2.75) is 39.2 Å². The van der Waals surface area contributed by atoms with E-state index < -0.39 is 11.9 Å². The van der Waals surface area contributed by atoms with Crippen molar-refractivity contribution in [2.75, 3.05) is 26.9 Å². The van der Waals surface area contributed by atoms with Crippen LogP contribution in [0.3, 0.4) is 0 Å². The minimum Gasteiger partial charge on any atom is -0.497 e. The van der Waals surface area contributed by atoms with Crippen LogP contribution in [0.1, 0.15) is 38.2 Å². The van der Waals surface area contributed by atoms with Gasteiger partial charge in [-0.25, -0.2) is 9.59 Å². The minimum atomic E-state index is -0.526. The van der Waals surface area contributed by atoms with E-state index in [-0.39, 0.29) is 19.8 Å². The Morgan fingerprint density at radius 1 is 0.917 bits per heavy atom. The van der Waals surface area contributed by atoms with Gasteiger partial charge in [-0.2, -0.15) is 0 Å². The Kier molecular flexibility index (Phi) is 10.3. The fourth-order valence-electron chi connectivity index (χ4n) is 1.90. The van der Waals surface area contributed by atoms with Gasteiger partial charge in [0.05, 0.1) is 13.7 Å². The lowest BCUT2D eigenvalue weighted by Crippen LogP contribution is -2.18. The summed E-state index contributed by atoms with van der Waals surface area (Å²) in [6.45, 7) is 2.14. The first-order chi connectivity index (χ1) is 11.7. The summed E-state index contributed by atoms with van der Waals surface area (Å²) in [5.74, 6) is -0.252. The van der Waals surface area contributed by atoms with E-state index in [9.17, 15) is 9.59 Å². The highest BCUT2D eigenvalue weighted by atomic mass is 16.6. The largest absolute Gasteiger partial charge is 0.497 e. The number of ether oxygens (including phenoxy) is 4. The maximum atomic E-state index is 11.5. The van der Waals surface area contributed by atoms with Gasteiger partial charge >= 0.3 is 11.9 Å². The number of benzene rings is 1. The molecule has 0 aliphatic carbocycles. The highest BCUT2D eigenvalue weighted by Gasteiger charge is 2.08. The first-order valence-electron chi connectivity index (χ1n) is 8.17. The normalized spacial score (nSPS) is 10.2. The molecule has 0 bridgehead atoms. The standard InChI is InChI=1S/C18H26O6/c1-3-4-5-6-11-23-17(19)13-22-14-18(20)24-12-15-7-9-16(21-2)10-8-15/h7-10H,3-6,11-14H2,1-2H3. The summed E-state index contributed by atoms with van der Waals surface area (Å²) in [6, 6.07) is 7.19. The SMILES string of the molecule is CCCCCCOC(=O)COCC(=O)OCc1ccc(OC)cc1. The average molecular weight is 338 g/mol. The van der Waals surface area contributed by atoms with Crippen LogP contribution < -0.4 is 4.74 Å². The number of methoxy groups -OCH3 is 1. The molecule has 0 atom stereocenters. The molecule has 0 spiro atoms. The van der Waals surface area contributed by atoms with Crippen molar-refractivity contribution in [1.82, 2.24) is 0 Å². The first kappa shape index (κ1) is 20.0. The molecule has 1 aromatic carbocycles. The van der Waals surface area contributed by atoms with Gasteiger partial charge in [0, 0.05) is 0 Å². The predicted octanol–water partition coefficient (Wildman–Crippen LogP) is 2.88. The van der Waals surface area contributed by atoms with E-state index in [1.165, 1.54) is 0 Å². The number of carbonyl (C=O) groups is 2. The molecule has 0 saturated carbocycles. The summed E-state index contributed by atoms with van der Waals surface area (Å²) in [4.78, 5) is 22.9. The highest BCUT2D eigenvalue weighted by molar-refractivity contribution is 5.73. The van der Waals surface area contributed by atoms with Crippen molar-refractivity contribution in [3.63, 3.8) is 0 Å². The third-order valence-electron chi connectivity index (χ3n) is 3.26. The maximum Gasteiger partial charge on any atom is 0.332 e. The quantitative estimate of drug-likeness (QED) is 0.431. The van der Waals surface area contributed by atoms with E-state index in [0.29, 0.717) is 6.61 Å². The van der Waals surface area contributed by atoms with Gasteiger partial charge in [-0.3, -0.25) is 0 Å². The third kappa shape index (κ3) is 9.15. The van der Waals surface area contributed by atoms with Crippen LogP contribution in [-0.2, 0) is 30.4 Å². The summed E-state index contributed by atoms with van der Waals surface area (Å²) in [5, 5.41) is 0. The Balaban J connectivity index is 2.07. The molecule has 134 valence electrons. The number of hydrogen-bond donors (Lipinski definition) is 0. The van der Waals surface area contributed by atoms with Gasteiger partial charge in [-0.05, 0) is 24.1 Å². The number of hydrogen-bond acceptors (Lipinski definition) is 6. The smallest absolute Gasteiger partial charge is 0.332 e. The molecule has 0 aliphatic heterocycles. The molecule has 0 heterocycles. The van der Waals surface area contributed by atoms with E-state index >= 15 is 0 Å². The molecule has 0 radical (unpaired) electrons. The predicted molar refractivity (Wildman–Crippen MR) is 88.7 cm³/mol. The summed E-state index contributed by atoms with van der Waals surface area (Å²) in [6.07, 6.45) is 4.16. The molecule has 1 aromatic rings. The first-order valence-corrected chi connectivity index (χ1v) is 8.17. The van der Waals surface area contributed by atoms with Gasteiger partial charge in [-0.15, -0.1) is 0 Å². The Morgan fingerprint density at radius 3 is 2.21 bits per heavy atom. The highest BCUT2D eigenvalue weighted by Crippen LogP contribution is 2.11. The van der Waals surface area contributed by atoms with E-state index in [0.717, 1.165) is 37.0 Å². The average Bonchev–Trinajstić information content (AvgIpc) is 2.60. The van der Waals surface area contributed by atoms with E-state index in [1.807, 2.05) is 12.1 Å². The molecule has 0 aromatic heterocycles. The molecule has 0 aliphatic rings. The van der Waals surface area contributed by atoms with Gasteiger partial charge < -0.3 is 18.9 Å². The Bertz CT molecular complexity index is 483. The van der Waals surface area contributed by atoms with Gasteiger partial charge in [-0.1, -0.05) is 38.3 Å². The van der Waals surface area contributed by atoms with Crippen LogP contribution in [0.25, 0.3) is 0 Å². The Morgan fingerprint density at radius 2 is 1.58 bits per heavy atom. The zero-order valence-corrected chi connectivity index (χ0v) is 14.4. The second kappa shape index (κ2) is 12.4. The summed E-state index contributed by atoms with van der Waals surface area (Å²) in [5.41, 5.74) is 0.843. The van der Waals surface area contributed by atoms with Crippen molar-refractivity contribution in [1.29, 1.82) is 0 Å². The van der Waals surface area contributed by atoms with Gasteiger partial charge in [0.25, 0.3) is 0 Å². The molecule has 0 amide bonds. The van der Waals surface area contributed by atoms with E-state index in [2.05, 4.69) is 6.92 Å². The number of carbonyl (C=O) groups excluding carboxylic acids is 2. The zero-order chi connectivity index (χ0) is 17.6. The molecule has 0 saturated heterocycles. The van der Waals surface area contributed by atoms with Crippen LogP contribution >= 0.6 is 0 Å². The number of esters is 2. The summed E-state index contributed by atoms with van der Waals surface area (Å²) >= 11 is 0. The van der Waals surface area contributed by atoms with Gasteiger partial charge in [0.2, 0.25) is 0 Å². The molecular formula is C18H26O6. The monoisotopic (exact) mass is 338 g/mol. The zero-order valence-electron chi connectivity index (χ0n) is 14.4. The number of rotatable bonds is 12. The Labute approximate surface area is 143 Å².